The molecule has 0 amide bonds. The summed E-state index contributed by atoms with van der Waals surface area (Å²) in [5.74, 6) is 0. The van der Waals surface area contributed by atoms with E-state index in [0.717, 1.165) is 0 Å². The Labute approximate surface area is 205 Å². The van der Waals surface area contributed by atoms with Crippen molar-refractivity contribution in [1.29, 1.82) is 0 Å². The maximum atomic E-state index is 2.31. The fourth-order valence-corrected chi connectivity index (χ4v) is 7.17. The van der Waals surface area contributed by atoms with Crippen LogP contribution >= 0.6 is 0 Å². The zero-order valence-corrected chi connectivity index (χ0v) is 24.8. The molecule has 0 bridgehead atoms. The minimum atomic E-state index is 0. The molecule has 0 N–H and O–H groups in total. The minimum absolute atomic E-state index is 0. The molecule has 0 unspecified atom stereocenters. The normalized spacial score (nSPS) is 10.1. The molecule has 3 heteroatoms. The van der Waals surface area contributed by atoms with Crippen molar-refractivity contribution in [3.8, 4) is 0 Å². The molecule has 0 heterocycles. The van der Waals surface area contributed by atoms with Crippen molar-refractivity contribution in [2.24, 2.45) is 0 Å². The summed E-state index contributed by atoms with van der Waals surface area (Å²) in [7, 11) is 0. The number of unbranched alkanes of at least 4 members (excludes halogenated alkanes) is 18. The molecule has 0 aromatic rings. The Morgan fingerprint density at radius 2 is 0.556 bits per heavy atom. The first kappa shape index (κ1) is 33.4. The van der Waals surface area contributed by atoms with Crippen molar-refractivity contribution in [3.05, 3.63) is 0 Å². The third kappa shape index (κ3) is 32.6. The molecule has 0 rings (SSSR count). The van der Waals surface area contributed by atoms with Crippen LogP contribution < -0.4 is 34.0 Å². The van der Waals surface area contributed by atoms with Crippen LogP contribution in [0.15, 0.2) is 0 Å². The van der Waals surface area contributed by atoms with Gasteiger partial charge in [-0.25, -0.2) is 0 Å². The quantitative estimate of drug-likeness (QED) is 0.129. The molecule has 0 saturated carbocycles. The summed E-state index contributed by atoms with van der Waals surface area (Å²) in [5, 5.41) is 0. The van der Waals surface area contributed by atoms with Crippen LogP contribution in [0.1, 0.15) is 142 Å². The van der Waals surface area contributed by atoms with Gasteiger partial charge in [-0.15, -0.1) is 0 Å². The predicted octanol–water partition coefficient (Wildman–Crippen LogP) is 3.38. The molecule has 0 aromatic carbocycles. The number of halogens is 2. The Hall–Kier alpha value is 1.76. The zero-order chi connectivity index (χ0) is 18.3. The van der Waals surface area contributed by atoms with Crippen LogP contribution in [-0.2, 0) is 0 Å². The molecule has 0 aliphatic heterocycles. The fraction of sp³-hybridized carbons (Fsp3) is 1.00. The fourth-order valence-electron chi connectivity index (χ4n) is 3.60. The first-order valence-electron chi connectivity index (χ1n) is 12.1. The molecule has 0 spiro atoms. The third-order valence-corrected chi connectivity index (χ3v) is 9.45. The molecule has 0 aromatic heterocycles. The van der Waals surface area contributed by atoms with Gasteiger partial charge in [0, 0.05) is 0 Å². The Kier molecular flexibility index (Phi) is 40.1. The van der Waals surface area contributed by atoms with Crippen molar-refractivity contribution in [2.45, 2.75) is 151 Å². The van der Waals surface area contributed by atoms with Crippen molar-refractivity contribution in [1.82, 2.24) is 0 Å². The molecule has 0 radical (unpaired) electrons. The van der Waals surface area contributed by atoms with Crippen molar-refractivity contribution in [3.63, 3.8) is 0 Å². The molecule has 164 valence electrons. The van der Waals surface area contributed by atoms with E-state index in [4.69, 9.17) is 0 Å². The molecular weight excluding hydrogens is 567 g/mol. The van der Waals surface area contributed by atoms with Crippen LogP contribution in [0.3, 0.4) is 0 Å². The van der Waals surface area contributed by atoms with Crippen LogP contribution in [0.25, 0.3) is 0 Å². The summed E-state index contributed by atoms with van der Waals surface area (Å²) < 4.78 is 3.33. The summed E-state index contributed by atoms with van der Waals surface area (Å²) in [6, 6.07) is 0. The molecule has 27 heavy (non-hydrogen) atoms. The van der Waals surface area contributed by atoms with E-state index in [2.05, 4.69) is 13.8 Å². The second-order valence-corrected chi connectivity index (χ2v) is 12.4. The molecule has 0 saturated heterocycles. The second kappa shape index (κ2) is 32.4. The van der Waals surface area contributed by atoms with E-state index in [0.29, 0.717) is 0 Å². The van der Waals surface area contributed by atoms with Crippen molar-refractivity contribution >= 4 is 21.1 Å². The average molecular weight is 617 g/mol. The predicted molar refractivity (Wildman–Crippen MR) is 119 cm³/mol. The maximum absolute atomic E-state index is 2.31. The van der Waals surface area contributed by atoms with Gasteiger partial charge in [-0.05, 0) is 0 Å². The number of hydrogen-bond donors (Lipinski definition) is 0. The van der Waals surface area contributed by atoms with E-state index in [-0.39, 0.29) is 55.1 Å². The van der Waals surface area contributed by atoms with Gasteiger partial charge in [0.25, 0.3) is 0 Å². The number of rotatable bonds is 22. The van der Waals surface area contributed by atoms with Gasteiger partial charge in [0.1, 0.15) is 0 Å². The van der Waals surface area contributed by atoms with Crippen LogP contribution in [0.5, 0.6) is 0 Å². The SMILES string of the molecule is CCCCCCCCCCC[CH2][Sn+2][CH2]CCCCCCCCCCC.[Br-].[Br-]. The standard InChI is InChI=1S/2C12H25.2BrH.Sn/c2*1-3-5-7-9-11-12-10-8-6-4-2;;;/h2*1,3-12H2,2H3;2*1H;/q;;;;+2/p-2. The first-order valence-corrected chi connectivity index (χ1v) is 16.2. The molecule has 0 aliphatic rings. The summed E-state index contributed by atoms with van der Waals surface area (Å²) in [6.45, 7) is 4.61. The van der Waals surface area contributed by atoms with Crippen LogP contribution in [0, 0.1) is 0 Å². The van der Waals surface area contributed by atoms with Gasteiger partial charge in [-0.3, -0.25) is 0 Å². The third-order valence-electron chi connectivity index (χ3n) is 5.41. The molecular formula is C24H50Br2Sn. The van der Waals surface area contributed by atoms with Gasteiger partial charge >= 0.3 is 172 Å². The zero-order valence-electron chi connectivity index (χ0n) is 18.8. The molecule has 0 nitrogen and oxygen atoms in total. The van der Waals surface area contributed by atoms with Gasteiger partial charge < -0.3 is 34.0 Å². The van der Waals surface area contributed by atoms with Crippen molar-refractivity contribution in [2.75, 3.05) is 0 Å². The van der Waals surface area contributed by atoms with Gasteiger partial charge in [-0.1, -0.05) is 0 Å². The summed E-state index contributed by atoms with van der Waals surface area (Å²) in [5.41, 5.74) is 0. The second-order valence-electron chi connectivity index (χ2n) is 8.11. The van der Waals surface area contributed by atoms with E-state index in [9.17, 15) is 0 Å². The topological polar surface area (TPSA) is 0 Å². The average Bonchev–Trinajstić information content (AvgIpc) is 2.63. The van der Waals surface area contributed by atoms with E-state index in [1.54, 1.807) is 21.7 Å². The monoisotopic (exact) mass is 616 g/mol. The Morgan fingerprint density at radius 1 is 0.333 bits per heavy atom. The Morgan fingerprint density at radius 3 is 0.815 bits per heavy atom. The Bertz CT molecular complexity index is 202. The van der Waals surface area contributed by atoms with Gasteiger partial charge in [0.2, 0.25) is 0 Å². The molecule has 0 aliphatic carbocycles. The summed E-state index contributed by atoms with van der Waals surface area (Å²) in [4.78, 5) is 0. The summed E-state index contributed by atoms with van der Waals surface area (Å²) in [6.07, 6.45) is 29.8. The Balaban J connectivity index is -0.00000288. The van der Waals surface area contributed by atoms with Crippen LogP contribution in [-0.4, -0.2) is 21.1 Å². The van der Waals surface area contributed by atoms with Crippen molar-refractivity contribution < 1.29 is 34.0 Å². The van der Waals surface area contributed by atoms with E-state index in [1.807, 2.05) is 0 Å². The first-order chi connectivity index (χ1) is 12.4. The van der Waals surface area contributed by atoms with E-state index in [1.165, 1.54) is 116 Å². The smallest absolute Gasteiger partial charge is 1.00 e. The van der Waals surface area contributed by atoms with Gasteiger partial charge in [-0.2, -0.15) is 0 Å². The van der Waals surface area contributed by atoms with Crippen LogP contribution in [0.4, 0.5) is 0 Å². The van der Waals surface area contributed by atoms with Gasteiger partial charge in [0.15, 0.2) is 0 Å². The van der Waals surface area contributed by atoms with Gasteiger partial charge in [0.05, 0.1) is 0 Å². The number of hydrogen-bond acceptors (Lipinski definition) is 0. The molecule has 0 atom stereocenters. The molecule has 0 fully saturated rings. The van der Waals surface area contributed by atoms with Crippen LogP contribution in [0.2, 0.25) is 8.87 Å². The van der Waals surface area contributed by atoms with E-state index >= 15 is 0 Å². The summed E-state index contributed by atoms with van der Waals surface area (Å²) >= 11 is 0.0377. The van der Waals surface area contributed by atoms with E-state index < -0.39 is 0 Å². The minimum Gasteiger partial charge on any atom is -1.00 e.